The van der Waals surface area contributed by atoms with Gasteiger partial charge in [-0.15, -0.1) is 0 Å². The van der Waals surface area contributed by atoms with E-state index in [-0.39, 0.29) is 6.04 Å². The Morgan fingerprint density at radius 1 is 1.39 bits per heavy atom. The number of aromatic nitrogens is 3. The summed E-state index contributed by atoms with van der Waals surface area (Å²) in [5.74, 6) is 1.73. The van der Waals surface area contributed by atoms with E-state index in [0.717, 1.165) is 12.2 Å². The lowest BCUT2D eigenvalue weighted by Gasteiger charge is -2.36. The third kappa shape index (κ3) is 2.74. The first kappa shape index (κ1) is 13.5. The van der Waals surface area contributed by atoms with Crippen LogP contribution in [0.4, 0.5) is 0 Å². The van der Waals surface area contributed by atoms with Crippen molar-refractivity contribution in [2.24, 2.45) is 24.1 Å². The summed E-state index contributed by atoms with van der Waals surface area (Å²) in [5, 5.41) is 4.13. The first-order valence-electron chi connectivity index (χ1n) is 7.12. The lowest BCUT2D eigenvalue weighted by atomic mass is 9.72. The van der Waals surface area contributed by atoms with Gasteiger partial charge in [-0.25, -0.2) is 4.98 Å². The molecule has 102 valence electrons. The second-order valence-corrected chi connectivity index (χ2v) is 6.28. The molecule has 0 bridgehead atoms. The maximum absolute atomic E-state index is 6.54. The van der Waals surface area contributed by atoms with Gasteiger partial charge in [-0.3, -0.25) is 4.68 Å². The minimum absolute atomic E-state index is 0.213. The normalized spacial score (nSPS) is 20.5. The van der Waals surface area contributed by atoms with Crippen LogP contribution in [0, 0.1) is 11.3 Å². The molecule has 0 radical (unpaired) electrons. The number of hydrogen-bond donors (Lipinski definition) is 1. The monoisotopic (exact) mass is 250 g/mol. The predicted molar refractivity (Wildman–Crippen MR) is 73.0 cm³/mol. The van der Waals surface area contributed by atoms with Gasteiger partial charge in [0.25, 0.3) is 0 Å². The average Bonchev–Trinajstić information content (AvgIpc) is 2.89. The molecular formula is C14H26N4. The van der Waals surface area contributed by atoms with Crippen LogP contribution in [-0.2, 0) is 13.5 Å². The zero-order valence-electron chi connectivity index (χ0n) is 11.9. The van der Waals surface area contributed by atoms with E-state index in [0.29, 0.717) is 11.3 Å². The largest absolute Gasteiger partial charge is 0.327 e. The van der Waals surface area contributed by atoms with E-state index in [1.807, 2.05) is 11.7 Å². The van der Waals surface area contributed by atoms with E-state index in [4.69, 9.17) is 5.73 Å². The third-order valence-corrected chi connectivity index (χ3v) is 4.41. The molecular weight excluding hydrogens is 224 g/mol. The van der Waals surface area contributed by atoms with Crippen LogP contribution >= 0.6 is 0 Å². The second-order valence-electron chi connectivity index (χ2n) is 6.28. The number of hydrogen-bond acceptors (Lipinski definition) is 3. The lowest BCUT2D eigenvalue weighted by molar-refractivity contribution is 0.179. The van der Waals surface area contributed by atoms with Gasteiger partial charge < -0.3 is 5.73 Å². The maximum atomic E-state index is 6.54. The Labute approximate surface area is 110 Å². The molecule has 1 aliphatic rings. The summed E-state index contributed by atoms with van der Waals surface area (Å²) >= 11 is 0. The molecule has 1 unspecified atom stereocenters. The smallest absolute Gasteiger partial charge is 0.138 e. The van der Waals surface area contributed by atoms with Crippen molar-refractivity contribution >= 4 is 0 Å². The van der Waals surface area contributed by atoms with Gasteiger partial charge in [0.05, 0.1) is 0 Å². The molecule has 2 rings (SSSR count). The molecule has 1 aliphatic carbocycles. The zero-order chi connectivity index (χ0) is 13.2. The van der Waals surface area contributed by atoms with Gasteiger partial charge in [0.15, 0.2) is 0 Å². The molecule has 1 atom stereocenters. The number of aryl methyl sites for hydroxylation is 1. The number of nitrogens with two attached hydrogens (primary N) is 1. The Bertz CT molecular complexity index is 377. The van der Waals surface area contributed by atoms with E-state index in [9.17, 15) is 0 Å². The minimum Gasteiger partial charge on any atom is -0.327 e. The quantitative estimate of drug-likeness (QED) is 0.872. The number of nitrogens with zero attached hydrogens (tertiary/aromatic N) is 3. The molecule has 0 aromatic carbocycles. The standard InChI is InChI=1S/C14H26N4/c1-11(2)9-14(6-4-5-7-14)12(15)8-13-16-10-17-18(13)3/h10-12H,4-9,15H2,1-3H3. The first-order chi connectivity index (χ1) is 8.53. The van der Waals surface area contributed by atoms with Gasteiger partial charge in [0.2, 0.25) is 0 Å². The van der Waals surface area contributed by atoms with Gasteiger partial charge in [-0.1, -0.05) is 26.7 Å². The molecule has 1 fully saturated rings. The highest BCUT2D eigenvalue weighted by molar-refractivity contribution is 4.99. The SMILES string of the molecule is CC(C)CC1(C(N)Cc2ncnn2C)CCCC1. The fourth-order valence-corrected chi connectivity index (χ4v) is 3.54. The Morgan fingerprint density at radius 3 is 2.56 bits per heavy atom. The van der Waals surface area contributed by atoms with E-state index in [1.165, 1.54) is 32.1 Å². The van der Waals surface area contributed by atoms with Gasteiger partial charge in [-0.05, 0) is 30.6 Å². The van der Waals surface area contributed by atoms with Gasteiger partial charge >= 0.3 is 0 Å². The molecule has 2 N–H and O–H groups in total. The molecule has 0 amide bonds. The summed E-state index contributed by atoms with van der Waals surface area (Å²) in [6, 6.07) is 0.213. The van der Waals surface area contributed by atoms with Gasteiger partial charge in [0.1, 0.15) is 12.2 Å². The molecule has 1 saturated carbocycles. The topological polar surface area (TPSA) is 56.7 Å². The van der Waals surface area contributed by atoms with Crippen molar-refractivity contribution in [3.05, 3.63) is 12.2 Å². The van der Waals surface area contributed by atoms with E-state index >= 15 is 0 Å². The molecule has 1 heterocycles. The molecule has 1 aromatic heterocycles. The average molecular weight is 250 g/mol. The van der Waals surface area contributed by atoms with Crippen LogP contribution < -0.4 is 5.73 Å². The van der Waals surface area contributed by atoms with Crippen LogP contribution in [0.5, 0.6) is 0 Å². The Morgan fingerprint density at radius 2 is 2.06 bits per heavy atom. The fourth-order valence-electron chi connectivity index (χ4n) is 3.54. The lowest BCUT2D eigenvalue weighted by Crippen LogP contribution is -2.43. The van der Waals surface area contributed by atoms with Crippen molar-refractivity contribution in [2.45, 2.75) is 58.4 Å². The van der Waals surface area contributed by atoms with Crippen molar-refractivity contribution in [1.29, 1.82) is 0 Å². The third-order valence-electron chi connectivity index (χ3n) is 4.41. The van der Waals surface area contributed by atoms with Crippen LogP contribution in [0.3, 0.4) is 0 Å². The second kappa shape index (κ2) is 5.39. The molecule has 18 heavy (non-hydrogen) atoms. The van der Waals surface area contributed by atoms with Crippen LogP contribution in [-0.4, -0.2) is 20.8 Å². The number of rotatable bonds is 5. The van der Waals surface area contributed by atoms with Crippen molar-refractivity contribution in [3.63, 3.8) is 0 Å². The van der Waals surface area contributed by atoms with Gasteiger partial charge in [0, 0.05) is 19.5 Å². The highest BCUT2D eigenvalue weighted by Crippen LogP contribution is 2.45. The Hall–Kier alpha value is -0.900. The molecule has 4 nitrogen and oxygen atoms in total. The summed E-state index contributed by atoms with van der Waals surface area (Å²) in [6.07, 6.45) is 8.94. The van der Waals surface area contributed by atoms with Crippen LogP contribution in [0.15, 0.2) is 6.33 Å². The van der Waals surface area contributed by atoms with E-state index in [1.54, 1.807) is 6.33 Å². The molecule has 1 aromatic rings. The minimum atomic E-state index is 0.213. The molecule has 0 saturated heterocycles. The highest BCUT2D eigenvalue weighted by Gasteiger charge is 2.40. The Balaban J connectivity index is 2.09. The van der Waals surface area contributed by atoms with Gasteiger partial charge in [-0.2, -0.15) is 5.10 Å². The van der Waals surface area contributed by atoms with Crippen LogP contribution in [0.1, 0.15) is 51.8 Å². The summed E-state index contributed by atoms with van der Waals surface area (Å²) in [5.41, 5.74) is 6.87. The van der Waals surface area contributed by atoms with Crippen molar-refractivity contribution in [1.82, 2.24) is 14.8 Å². The maximum Gasteiger partial charge on any atom is 0.138 e. The first-order valence-corrected chi connectivity index (χ1v) is 7.12. The summed E-state index contributed by atoms with van der Waals surface area (Å²) in [4.78, 5) is 4.31. The van der Waals surface area contributed by atoms with Crippen LogP contribution in [0.2, 0.25) is 0 Å². The van der Waals surface area contributed by atoms with E-state index < -0.39 is 0 Å². The predicted octanol–water partition coefficient (Wildman–Crippen LogP) is 2.29. The van der Waals surface area contributed by atoms with Crippen molar-refractivity contribution < 1.29 is 0 Å². The fraction of sp³-hybridized carbons (Fsp3) is 0.857. The summed E-state index contributed by atoms with van der Waals surface area (Å²) < 4.78 is 1.85. The highest BCUT2D eigenvalue weighted by atomic mass is 15.3. The van der Waals surface area contributed by atoms with Crippen molar-refractivity contribution in [3.8, 4) is 0 Å². The van der Waals surface area contributed by atoms with Crippen LogP contribution in [0.25, 0.3) is 0 Å². The molecule has 0 aliphatic heterocycles. The molecule has 0 spiro atoms. The molecule has 4 heteroatoms. The van der Waals surface area contributed by atoms with E-state index in [2.05, 4.69) is 23.9 Å². The zero-order valence-corrected chi connectivity index (χ0v) is 11.9. The summed E-state index contributed by atoms with van der Waals surface area (Å²) in [6.45, 7) is 4.60. The Kier molecular flexibility index (Phi) is 4.05. The summed E-state index contributed by atoms with van der Waals surface area (Å²) in [7, 11) is 1.94. The van der Waals surface area contributed by atoms with Crippen molar-refractivity contribution in [2.75, 3.05) is 0 Å².